The fraction of sp³-hybridized carbons (Fsp3) is 0.429. The van der Waals surface area contributed by atoms with Crippen LogP contribution in [0, 0.1) is 0 Å². The molecule has 1 saturated heterocycles. The summed E-state index contributed by atoms with van der Waals surface area (Å²) in [6, 6.07) is 4.07. The summed E-state index contributed by atoms with van der Waals surface area (Å²) in [5, 5.41) is 3.60. The number of nitrogens with one attached hydrogen (secondary N) is 1. The third kappa shape index (κ3) is 1.84. The van der Waals surface area contributed by atoms with Gasteiger partial charge in [0.2, 0.25) is 0 Å². The quantitative estimate of drug-likeness (QED) is 0.876. The molecule has 1 aromatic carbocycles. The van der Waals surface area contributed by atoms with Gasteiger partial charge < -0.3 is 15.0 Å². The van der Waals surface area contributed by atoms with Crippen molar-refractivity contribution in [2.75, 3.05) is 36.5 Å². The normalized spacial score (nSPS) is 21.4. The minimum Gasteiger partial charge on any atom is -0.489 e. The maximum Gasteiger partial charge on any atom is 0.324 e. The van der Waals surface area contributed by atoms with Crippen molar-refractivity contribution in [3.8, 4) is 5.75 Å². The second-order valence-electron chi connectivity index (χ2n) is 5.43. The average molecular weight is 304 g/mol. The molecule has 0 bridgehead atoms. The molecule has 2 aliphatic heterocycles. The first kappa shape index (κ1) is 12.7. The predicted molar refractivity (Wildman–Crippen MR) is 83.7 cm³/mol. The van der Waals surface area contributed by atoms with E-state index >= 15 is 0 Å². The molecule has 0 saturated carbocycles. The van der Waals surface area contributed by atoms with Crippen molar-refractivity contribution in [3.05, 3.63) is 12.1 Å². The summed E-state index contributed by atoms with van der Waals surface area (Å²) in [6.07, 6.45) is 0. The van der Waals surface area contributed by atoms with Crippen LogP contribution < -0.4 is 19.9 Å². The number of thiazole rings is 1. The fourth-order valence-electron chi connectivity index (χ4n) is 2.83. The van der Waals surface area contributed by atoms with Gasteiger partial charge in [-0.1, -0.05) is 11.3 Å². The summed E-state index contributed by atoms with van der Waals surface area (Å²) in [7, 11) is 2.05. The van der Waals surface area contributed by atoms with E-state index in [4.69, 9.17) is 9.72 Å². The topological polar surface area (TPSA) is 57.7 Å². The Hall–Kier alpha value is -2.02. The van der Waals surface area contributed by atoms with Gasteiger partial charge in [0.25, 0.3) is 0 Å². The lowest BCUT2D eigenvalue weighted by molar-refractivity contribution is 0.252. The number of nitrogens with zero attached hydrogens (tertiary/aromatic N) is 3. The molecule has 1 unspecified atom stereocenters. The van der Waals surface area contributed by atoms with Crippen LogP contribution in [0.3, 0.4) is 0 Å². The molecule has 6 nitrogen and oxygen atoms in total. The van der Waals surface area contributed by atoms with E-state index in [-0.39, 0.29) is 12.1 Å². The molecule has 3 heterocycles. The average Bonchev–Trinajstić information content (AvgIpc) is 3.02. The van der Waals surface area contributed by atoms with E-state index in [0.29, 0.717) is 13.2 Å². The van der Waals surface area contributed by atoms with Crippen molar-refractivity contribution >= 4 is 38.4 Å². The molecule has 1 fully saturated rings. The molecule has 1 aromatic heterocycles. The zero-order valence-electron chi connectivity index (χ0n) is 11.9. The van der Waals surface area contributed by atoms with Crippen LogP contribution in [-0.4, -0.2) is 43.8 Å². The lowest BCUT2D eigenvalue weighted by Gasteiger charge is -2.27. The maximum atomic E-state index is 12.0. The van der Waals surface area contributed by atoms with Crippen LogP contribution >= 0.6 is 11.3 Å². The molecular weight excluding hydrogens is 288 g/mol. The number of rotatable bonds is 1. The van der Waals surface area contributed by atoms with Gasteiger partial charge in [0.05, 0.1) is 17.3 Å². The molecule has 1 atom stereocenters. The van der Waals surface area contributed by atoms with Gasteiger partial charge in [-0.15, -0.1) is 0 Å². The van der Waals surface area contributed by atoms with Crippen LogP contribution in [0.1, 0.15) is 6.92 Å². The molecule has 4 rings (SSSR count). The van der Waals surface area contributed by atoms with Crippen molar-refractivity contribution in [1.29, 1.82) is 0 Å². The SMILES string of the molecule is CC1CNC(=O)N1c1nc2c3c(ccc2s1)OCCN3C. The number of anilines is 2. The first-order valence-corrected chi connectivity index (χ1v) is 7.81. The summed E-state index contributed by atoms with van der Waals surface area (Å²) in [4.78, 5) is 20.6. The van der Waals surface area contributed by atoms with E-state index in [1.807, 2.05) is 26.1 Å². The number of fused-ring (bicyclic) bond motifs is 3. The van der Waals surface area contributed by atoms with Gasteiger partial charge in [-0.3, -0.25) is 4.90 Å². The Labute approximate surface area is 126 Å². The van der Waals surface area contributed by atoms with E-state index in [2.05, 4.69) is 10.2 Å². The number of amides is 2. The monoisotopic (exact) mass is 304 g/mol. The van der Waals surface area contributed by atoms with Crippen LogP contribution in [0.25, 0.3) is 10.2 Å². The van der Waals surface area contributed by atoms with Crippen LogP contribution in [0.2, 0.25) is 0 Å². The molecule has 2 amide bonds. The highest BCUT2D eigenvalue weighted by Gasteiger charge is 2.32. The number of carbonyl (C=O) groups excluding carboxylic acids is 1. The van der Waals surface area contributed by atoms with Crippen molar-refractivity contribution in [2.24, 2.45) is 0 Å². The molecule has 110 valence electrons. The summed E-state index contributed by atoms with van der Waals surface area (Å²) in [6.45, 7) is 4.22. The summed E-state index contributed by atoms with van der Waals surface area (Å²) >= 11 is 1.55. The van der Waals surface area contributed by atoms with Gasteiger partial charge in [-0.25, -0.2) is 9.78 Å². The Morgan fingerprint density at radius 1 is 1.48 bits per heavy atom. The Morgan fingerprint density at radius 3 is 3.10 bits per heavy atom. The molecule has 21 heavy (non-hydrogen) atoms. The number of benzene rings is 1. The van der Waals surface area contributed by atoms with E-state index in [9.17, 15) is 4.79 Å². The third-order valence-corrected chi connectivity index (χ3v) is 4.99. The van der Waals surface area contributed by atoms with Crippen LogP contribution in [-0.2, 0) is 0 Å². The van der Waals surface area contributed by atoms with E-state index in [1.165, 1.54) is 0 Å². The number of aromatic nitrogens is 1. The van der Waals surface area contributed by atoms with Gasteiger partial charge in [0.15, 0.2) is 5.13 Å². The maximum absolute atomic E-state index is 12.0. The minimum atomic E-state index is -0.0694. The lowest BCUT2D eigenvalue weighted by atomic mass is 10.2. The molecule has 0 aliphatic carbocycles. The number of hydrogen-bond donors (Lipinski definition) is 1. The summed E-state index contributed by atoms with van der Waals surface area (Å²) < 4.78 is 6.79. The summed E-state index contributed by atoms with van der Waals surface area (Å²) in [5.74, 6) is 0.868. The van der Waals surface area contributed by atoms with Gasteiger partial charge in [0.1, 0.15) is 23.6 Å². The number of ether oxygens (including phenoxy) is 1. The van der Waals surface area contributed by atoms with Crippen LogP contribution in [0.15, 0.2) is 12.1 Å². The van der Waals surface area contributed by atoms with Crippen molar-refractivity contribution < 1.29 is 9.53 Å². The molecular formula is C14H16N4O2S. The Balaban J connectivity index is 1.87. The second-order valence-corrected chi connectivity index (χ2v) is 6.44. The Morgan fingerprint density at radius 2 is 2.33 bits per heavy atom. The highest BCUT2D eigenvalue weighted by Crippen LogP contribution is 2.42. The van der Waals surface area contributed by atoms with E-state index < -0.39 is 0 Å². The highest BCUT2D eigenvalue weighted by atomic mass is 32.1. The number of urea groups is 1. The molecule has 2 aliphatic rings. The van der Waals surface area contributed by atoms with Gasteiger partial charge >= 0.3 is 6.03 Å². The van der Waals surface area contributed by atoms with Crippen LogP contribution in [0.5, 0.6) is 5.75 Å². The molecule has 0 spiro atoms. The predicted octanol–water partition coefficient (Wildman–Crippen LogP) is 2.04. The van der Waals surface area contributed by atoms with Crippen molar-refractivity contribution in [3.63, 3.8) is 0 Å². The molecule has 1 N–H and O–H groups in total. The van der Waals surface area contributed by atoms with Gasteiger partial charge in [0, 0.05) is 13.6 Å². The van der Waals surface area contributed by atoms with Gasteiger partial charge in [-0.2, -0.15) is 0 Å². The minimum absolute atomic E-state index is 0.0694. The first-order chi connectivity index (χ1) is 10.1. The standard InChI is InChI=1S/C14H16N4O2S/c1-8-7-15-13(19)18(8)14-16-11-10(21-14)4-3-9-12(11)17(2)5-6-20-9/h3-4,8H,5-7H2,1-2H3,(H,15,19). The highest BCUT2D eigenvalue weighted by molar-refractivity contribution is 7.22. The Bertz CT molecular complexity index is 729. The van der Waals surface area contributed by atoms with E-state index in [0.717, 1.165) is 33.3 Å². The number of carbonyl (C=O) groups is 1. The zero-order valence-corrected chi connectivity index (χ0v) is 12.7. The van der Waals surface area contributed by atoms with E-state index in [1.54, 1.807) is 16.2 Å². The summed E-state index contributed by atoms with van der Waals surface area (Å²) in [5.41, 5.74) is 1.94. The number of likely N-dealkylation sites (N-methyl/N-ethyl adjacent to an activating group) is 1. The second kappa shape index (κ2) is 4.49. The van der Waals surface area contributed by atoms with Crippen molar-refractivity contribution in [1.82, 2.24) is 10.3 Å². The third-order valence-electron chi connectivity index (χ3n) is 3.97. The molecule has 0 radical (unpaired) electrons. The lowest BCUT2D eigenvalue weighted by Crippen LogP contribution is -2.32. The largest absolute Gasteiger partial charge is 0.489 e. The smallest absolute Gasteiger partial charge is 0.324 e. The first-order valence-electron chi connectivity index (χ1n) is 6.99. The Kier molecular flexibility index (Phi) is 2.72. The molecule has 7 heteroatoms. The van der Waals surface area contributed by atoms with Crippen molar-refractivity contribution in [2.45, 2.75) is 13.0 Å². The fourth-order valence-corrected chi connectivity index (χ4v) is 3.90. The van der Waals surface area contributed by atoms with Gasteiger partial charge in [-0.05, 0) is 19.1 Å². The van der Waals surface area contributed by atoms with Crippen LogP contribution in [0.4, 0.5) is 15.6 Å². The zero-order chi connectivity index (χ0) is 14.6. The molecule has 2 aromatic rings. The number of hydrogen-bond acceptors (Lipinski definition) is 5.